The quantitative estimate of drug-likeness (QED) is 0.351. The van der Waals surface area contributed by atoms with Gasteiger partial charge in [0.25, 0.3) is 0 Å². The van der Waals surface area contributed by atoms with Crippen molar-refractivity contribution in [1.82, 2.24) is 9.47 Å². The van der Waals surface area contributed by atoms with Gasteiger partial charge in [-0.3, -0.25) is 4.90 Å². The lowest BCUT2D eigenvalue weighted by Crippen LogP contribution is -2.34. The lowest BCUT2D eigenvalue weighted by atomic mass is 10.0. The van der Waals surface area contributed by atoms with Gasteiger partial charge < -0.3 is 14.0 Å². The van der Waals surface area contributed by atoms with Gasteiger partial charge in [-0.1, -0.05) is 42.5 Å². The Balaban J connectivity index is 1.29. The Morgan fingerprint density at radius 2 is 1.68 bits per heavy atom. The molecule has 1 atom stereocenters. The van der Waals surface area contributed by atoms with E-state index >= 15 is 0 Å². The third-order valence-electron chi connectivity index (χ3n) is 7.35. The minimum absolute atomic E-state index is 0.464. The first kappa shape index (κ1) is 21.3. The predicted molar refractivity (Wildman–Crippen MR) is 138 cm³/mol. The number of para-hydroxylation sites is 2. The standard InChI is InChI=1S/C30H32N2O2/c1-22(31-17-6-7-18-31)21-34-24-14-12-23(13-15-24)20-32-28-10-4-2-8-25(28)26-16-19-33-29-11-5-3-9-27(29)30(26)32/h2-5,8-15,22H,6-7,16-21H2,1H3. The maximum absolute atomic E-state index is 6.13. The summed E-state index contributed by atoms with van der Waals surface area (Å²) in [6, 6.07) is 26.3. The molecule has 1 unspecified atom stereocenters. The van der Waals surface area contributed by atoms with Gasteiger partial charge in [0.1, 0.15) is 18.1 Å². The molecule has 34 heavy (non-hydrogen) atoms. The molecule has 0 spiro atoms. The van der Waals surface area contributed by atoms with Crippen LogP contribution in [0.15, 0.2) is 72.8 Å². The lowest BCUT2D eigenvalue weighted by Gasteiger charge is -2.23. The Hall–Kier alpha value is -3.24. The fraction of sp³-hybridized carbons (Fsp3) is 0.333. The van der Waals surface area contributed by atoms with Gasteiger partial charge in [0.2, 0.25) is 0 Å². The van der Waals surface area contributed by atoms with E-state index in [1.165, 1.54) is 59.2 Å². The first-order valence-electron chi connectivity index (χ1n) is 12.6. The summed E-state index contributed by atoms with van der Waals surface area (Å²) in [5.74, 6) is 1.92. The number of nitrogens with zero attached hydrogens (tertiary/aromatic N) is 2. The highest BCUT2D eigenvalue weighted by Crippen LogP contribution is 2.41. The van der Waals surface area contributed by atoms with Crippen LogP contribution >= 0.6 is 0 Å². The lowest BCUT2D eigenvalue weighted by molar-refractivity contribution is 0.172. The highest BCUT2D eigenvalue weighted by Gasteiger charge is 2.23. The summed E-state index contributed by atoms with van der Waals surface area (Å²) in [6.45, 7) is 6.93. The van der Waals surface area contributed by atoms with Crippen LogP contribution in [0.4, 0.5) is 0 Å². The van der Waals surface area contributed by atoms with Crippen molar-refractivity contribution in [2.24, 2.45) is 0 Å². The van der Waals surface area contributed by atoms with Crippen molar-refractivity contribution in [2.75, 3.05) is 26.3 Å². The third-order valence-corrected chi connectivity index (χ3v) is 7.35. The number of ether oxygens (including phenoxy) is 2. The second kappa shape index (κ2) is 9.19. The fourth-order valence-electron chi connectivity index (χ4n) is 5.53. The average molecular weight is 453 g/mol. The van der Waals surface area contributed by atoms with Gasteiger partial charge in [-0.15, -0.1) is 0 Å². The van der Waals surface area contributed by atoms with Crippen LogP contribution in [0, 0.1) is 0 Å². The Morgan fingerprint density at radius 3 is 2.53 bits per heavy atom. The van der Waals surface area contributed by atoms with Crippen LogP contribution in [0.3, 0.4) is 0 Å². The summed E-state index contributed by atoms with van der Waals surface area (Å²) in [5, 5.41) is 1.33. The molecule has 2 aliphatic heterocycles. The number of aromatic nitrogens is 1. The van der Waals surface area contributed by atoms with E-state index in [9.17, 15) is 0 Å². The van der Waals surface area contributed by atoms with Crippen LogP contribution in [0.1, 0.15) is 30.9 Å². The normalized spacial score (nSPS) is 16.5. The number of hydrogen-bond donors (Lipinski definition) is 0. The molecule has 4 nitrogen and oxygen atoms in total. The van der Waals surface area contributed by atoms with Crippen LogP contribution in [0.25, 0.3) is 22.2 Å². The third kappa shape index (κ3) is 3.97. The molecular weight excluding hydrogens is 420 g/mol. The Bertz CT molecular complexity index is 1290. The van der Waals surface area contributed by atoms with E-state index in [4.69, 9.17) is 9.47 Å². The average Bonchev–Trinajstić information content (AvgIpc) is 3.47. The van der Waals surface area contributed by atoms with Gasteiger partial charge in [0, 0.05) is 35.5 Å². The van der Waals surface area contributed by atoms with Crippen molar-refractivity contribution in [3.8, 4) is 22.8 Å². The molecule has 174 valence electrons. The zero-order chi connectivity index (χ0) is 22.9. The zero-order valence-electron chi connectivity index (χ0n) is 19.9. The number of likely N-dealkylation sites (tertiary alicyclic amines) is 1. The van der Waals surface area contributed by atoms with Gasteiger partial charge in [-0.05, 0) is 74.3 Å². The minimum atomic E-state index is 0.464. The monoisotopic (exact) mass is 452 g/mol. The van der Waals surface area contributed by atoms with Crippen LogP contribution < -0.4 is 9.47 Å². The van der Waals surface area contributed by atoms with Gasteiger partial charge in [0.05, 0.1) is 12.3 Å². The van der Waals surface area contributed by atoms with E-state index in [1.807, 2.05) is 0 Å². The maximum Gasteiger partial charge on any atom is 0.128 e. The molecule has 0 aliphatic carbocycles. The molecule has 1 aromatic heterocycles. The summed E-state index contributed by atoms with van der Waals surface area (Å²) >= 11 is 0. The molecule has 0 N–H and O–H groups in total. The van der Waals surface area contributed by atoms with Crippen LogP contribution in [0.5, 0.6) is 11.5 Å². The molecule has 2 aliphatic rings. The van der Waals surface area contributed by atoms with Crippen molar-refractivity contribution in [2.45, 2.75) is 38.8 Å². The Kier molecular flexibility index (Phi) is 5.76. The summed E-state index contributed by atoms with van der Waals surface area (Å²) < 4.78 is 14.7. The highest BCUT2D eigenvalue weighted by atomic mass is 16.5. The highest BCUT2D eigenvalue weighted by molar-refractivity contribution is 5.93. The van der Waals surface area contributed by atoms with E-state index in [0.717, 1.165) is 31.1 Å². The molecule has 1 saturated heterocycles. The Morgan fingerprint density at radius 1 is 0.912 bits per heavy atom. The van der Waals surface area contributed by atoms with Crippen LogP contribution in [-0.2, 0) is 13.0 Å². The van der Waals surface area contributed by atoms with Gasteiger partial charge in [0.15, 0.2) is 0 Å². The second-order valence-electron chi connectivity index (χ2n) is 9.57. The largest absolute Gasteiger partial charge is 0.493 e. The maximum atomic E-state index is 6.13. The molecule has 1 fully saturated rings. The van der Waals surface area contributed by atoms with Crippen molar-refractivity contribution in [3.63, 3.8) is 0 Å². The topological polar surface area (TPSA) is 26.6 Å². The van der Waals surface area contributed by atoms with Crippen molar-refractivity contribution in [3.05, 3.63) is 83.9 Å². The molecule has 0 saturated carbocycles. The summed E-state index contributed by atoms with van der Waals surface area (Å²) in [7, 11) is 0. The predicted octanol–water partition coefficient (Wildman–Crippen LogP) is 6.15. The molecule has 0 radical (unpaired) electrons. The Labute approximate surface area is 201 Å². The number of hydrogen-bond acceptors (Lipinski definition) is 3. The van der Waals surface area contributed by atoms with Crippen molar-refractivity contribution < 1.29 is 9.47 Å². The number of fused-ring (bicyclic) bond motifs is 5. The SMILES string of the molecule is CC(COc1ccc(Cn2c3c(c4ccccc42)CCOc2ccccc2-3)cc1)N1CCCC1. The van der Waals surface area contributed by atoms with E-state index in [1.54, 1.807) is 0 Å². The van der Waals surface area contributed by atoms with Crippen molar-refractivity contribution >= 4 is 10.9 Å². The smallest absolute Gasteiger partial charge is 0.128 e. The summed E-state index contributed by atoms with van der Waals surface area (Å²) in [5.41, 5.74) is 6.41. The van der Waals surface area contributed by atoms with E-state index in [-0.39, 0.29) is 0 Å². The van der Waals surface area contributed by atoms with Gasteiger partial charge in [-0.2, -0.15) is 0 Å². The summed E-state index contributed by atoms with van der Waals surface area (Å²) in [4.78, 5) is 2.53. The number of rotatable bonds is 6. The second-order valence-corrected chi connectivity index (χ2v) is 9.57. The first-order valence-corrected chi connectivity index (χ1v) is 12.6. The van der Waals surface area contributed by atoms with Crippen molar-refractivity contribution in [1.29, 1.82) is 0 Å². The van der Waals surface area contributed by atoms with E-state index < -0.39 is 0 Å². The molecule has 4 aromatic rings. The molecule has 0 amide bonds. The minimum Gasteiger partial charge on any atom is -0.493 e. The van der Waals surface area contributed by atoms with E-state index in [0.29, 0.717) is 12.6 Å². The van der Waals surface area contributed by atoms with Gasteiger partial charge >= 0.3 is 0 Å². The van der Waals surface area contributed by atoms with E-state index in [2.05, 4.69) is 89.2 Å². The molecule has 3 heterocycles. The van der Waals surface area contributed by atoms with Crippen LogP contribution in [0.2, 0.25) is 0 Å². The first-order chi connectivity index (χ1) is 16.8. The summed E-state index contributed by atoms with van der Waals surface area (Å²) in [6.07, 6.45) is 3.54. The molecule has 0 bridgehead atoms. The zero-order valence-corrected chi connectivity index (χ0v) is 19.9. The number of benzene rings is 3. The van der Waals surface area contributed by atoms with Crippen LogP contribution in [-0.4, -0.2) is 41.8 Å². The molecule has 4 heteroatoms. The molecule has 3 aromatic carbocycles. The fourth-order valence-corrected chi connectivity index (χ4v) is 5.53. The molecular formula is C30H32N2O2. The molecule has 6 rings (SSSR count). The van der Waals surface area contributed by atoms with Gasteiger partial charge in [-0.25, -0.2) is 0 Å².